The summed E-state index contributed by atoms with van der Waals surface area (Å²) in [7, 11) is 0. The molecular weight excluding hydrogens is 430 g/mol. The van der Waals surface area contributed by atoms with Crippen molar-refractivity contribution < 1.29 is 0 Å². The van der Waals surface area contributed by atoms with Crippen molar-refractivity contribution in [1.82, 2.24) is 25.1 Å². The number of thiazole rings is 1. The molecule has 0 fully saturated rings. The molecule has 3 N–H and O–H groups in total. The molecule has 0 aliphatic carbocycles. The standard InChI is InChI=1S/C25H27N7S/c1-2-3-4-5-6-9-18-15-23(32-31-18)29-24-19-10-7-8-11-20(19)28-25(30-24)27-17-12-13-21-22(14-17)33-16-26-21/h7-8,10-16H,2-6,9H2,1H3,(H3,27,28,29,30,31,32). The van der Waals surface area contributed by atoms with E-state index in [9.17, 15) is 0 Å². The van der Waals surface area contributed by atoms with Gasteiger partial charge in [0.25, 0.3) is 0 Å². The van der Waals surface area contributed by atoms with Crippen molar-refractivity contribution >= 4 is 55.7 Å². The summed E-state index contributed by atoms with van der Waals surface area (Å²) in [6.45, 7) is 2.24. The summed E-state index contributed by atoms with van der Waals surface area (Å²) in [5.41, 5.74) is 5.72. The first-order chi connectivity index (χ1) is 16.3. The van der Waals surface area contributed by atoms with Gasteiger partial charge >= 0.3 is 0 Å². The van der Waals surface area contributed by atoms with Gasteiger partial charge in [-0.2, -0.15) is 10.1 Å². The molecular formula is C25H27N7S. The van der Waals surface area contributed by atoms with Crippen molar-refractivity contribution in [2.45, 2.75) is 45.4 Å². The largest absolute Gasteiger partial charge is 0.325 e. The molecule has 3 aromatic heterocycles. The molecule has 0 aliphatic heterocycles. The Labute approximate surface area is 196 Å². The van der Waals surface area contributed by atoms with Gasteiger partial charge in [-0.25, -0.2) is 9.97 Å². The number of hydrogen-bond donors (Lipinski definition) is 3. The van der Waals surface area contributed by atoms with Gasteiger partial charge in [-0.1, -0.05) is 44.7 Å². The molecule has 5 rings (SSSR count). The number of nitrogens with zero attached hydrogens (tertiary/aromatic N) is 4. The maximum Gasteiger partial charge on any atom is 0.229 e. The van der Waals surface area contributed by atoms with Gasteiger partial charge in [0.05, 0.1) is 26.9 Å². The van der Waals surface area contributed by atoms with Crippen LogP contribution in [0.3, 0.4) is 0 Å². The number of aromatic nitrogens is 5. The smallest absolute Gasteiger partial charge is 0.229 e. The van der Waals surface area contributed by atoms with Crippen molar-refractivity contribution in [3.8, 4) is 0 Å². The number of benzene rings is 2. The Morgan fingerprint density at radius 1 is 0.909 bits per heavy atom. The fourth-order valence-electron chi connectivity index (χ4n) is 3.88. The maximum absolute atomic E-state index is 4.77. The predicted molar refractivity (Wildman–Crippen MR) is 137 cm³/mol. The van der Waals surface area contributed by atoms with E-state index in [-0.39, 0.29) is 0 Å². The number of aromatic amines is 1. The summed E-state index contributed by atoms with van der Waals surface area (Å²) in [4.78, 5) is 13.8. The van der Waals surface area contributed by atoms with E-state index >= 15 is 0 Å². The van der Waals surface area contributed by atoms with E-state index < -0.39 is 0 Å². The van der Waals surface area contributed by atoms with Crippen LogP contribution in [0.15, 0.2) is 54.0 Å². The number of unbranched alkanes of at least 4 members (excludes halogenated alkanes) is 4. The summed E-state index contributed by atoms with van der Waals surface area (Å²) in [6.07, 6.45) is 7.27. The van der Waals surface area contributed by atoms with E-state index in [0.29, 0.717) is 5.95 Å². The summed E-state index contributed by atoms with van der Waals surface area (Å²) in [5, 5.41) is 15.3. The molecule has 33 heavy (non-hydrogen) atoms. The van der Waals surface area contributed by atoms with Gasteiger partial charge in [0.2, 0.25) is 5.95 Å². The van der Waals surface area contributed by atoms with Crippen molar-refractivity contribution in [3.63, 3.8) is 0 Å². The highest BCUT2D eigenvalue weighted by molar-refractivity contribution is 7.16. The molecule has 8 heteroatoms. The summed E-state index contributed by atoms with van der Waals surface area (Å²) in [5.74, 6) is 2.11. The molecule has 0 aliphatic rings. The lowest BCUT2D eigenvalue weighted by Crippen LogP contribution is -2.02. The quantitative estimate of drug-likeness (QED) is 0.196. The van der Waals surface area contributed by atoms with Crippen LogP contribution in [0.25, 0.3) is 21.1 Å². The average Bonchev–Trinajstić information content (AvgIpc) is 3.48. The van der Waals surface area contributed by atoms with Gasteiger partial charge in [-0.15, -0.1) is 11.3 Å². The van der Waals surface area contributed by atoms with Crippen LogP contribution >= 0.6 is 11.3 Å². The number of hydrogen-bond acceptors (Lipinski definition) is 7. The van der Waals surface area contributed by atoms with Crippen molar-refractivity contribution in [1.29, 1.82) is 0 Å². The minimum Gasteiger partial charge on any atom is -0.325 e. The van der Waals surface area contributed by atoms with Crippen molar-refractivity contribution in [2.24, 2.45) is 0 Å². The molecule has 3 heterocycles. The SMILES string of the molecule is CCCCCCCc1cc(Nc2nc(Nc3ccc4ncsc4c3)nc3ccccc23)[nH]n1. The molecule has 0 saturated heterocycles. The Bertz CT molecular complexity index is 1360. The van der Waals surface area contributed by atoms with E-state index in [1.54, 1.807) is 11.3 Å². The molecule has 0 spiro atoms. The lowest BCUT2D eigenvalue weighted by atomic mass is 10.1. The van der Waals surface area contributed by atoms with Crippen LogP contribution in [0.1, 0.15) is 44.7 Å². The number of fused-ring (bicyclic) bond motifs is 2. The van der Waals surface area contributed by atoms with Gasteiger partial charge in [-0.05, 0) is 43.2 Å². The number of aryl methyl sites for hydroxylation is 1. The third-order valence-corrected chi connectivity index (χ3v) is 6.40. The molecule has 168 valence electrons. The highest BCUT2D eigenvalue weighted by Crippen LogP contribution is 2.28. The Hall–Kier alpha value is -3.52. The summed E-state index contributed by atoms with van der Waals surface area (Å²) >= 11 is 1.62. The summed E-state index contributed by atoms with van der Waals surface area (Å²) < 4.78 is 1.12. The fourth-order valence-corrected chi connectivity index (χ4v) is 4.60. The van der Waals surface area contributed by atoms with E-state index in [1.807, 2.05) is 41.9 Å². The van der Waals surface area contributed by atoms with Gasteiger partial charge in [0.1, 0.15) is 11.6 Å². The number of anilines is 4. The third-order valence-electron chi connectivity index (χ3n) is 5.61. The highest BCUT2D eigenvalue weighted by atomic mass is 32.1. The first-order valence-corrected chi connectivity index (χ1v) is 12.3. The molecule has 2 aromatic carbocycles. The minimum atomic E-state index is 0.538. The van der Waals surface area contributed by atoms with Crippen LogP contribution in [0.2, 0.25) is 0 Å². The molecule has 0 amide bonds. The molecule has 7 nitrogen and oxygen atoms in total. The van der Waals surface area contributed by atoms with Crippen LogP contribution in [0, 0.1) is 0 Å². The molecule has 0 saturated carbocycles. The van der Waals surface area contributed by atoms with Gasteiger partial charge in [0.15, 0.2) is 0 Å². The van der Waals surface area contributed by atoms with Gasteiger partial charge in [-0.3, -0.25) is 5.10 Å². The Morgan fingerprint density at radius 2 is 1.82 bits per heavy atom. The first kappa shape index (κ1) is 21.3. The maximum atomic E-state index is 4.77. The monoisotopic (exact) mass is 457 g/mol. The van der Waals surface area contributed by atoms with Crippen molar-refractivity contribution in [3.05, 3.63) is 59.7 Å². The van der Waals surface area contributed by atoms with Crippen LogP contribution in [0.4, 0.5) is 23.3 Å². The molecule has 0 atom stereocenters. The fraction of sp³-hybridized carbons (Fsp3) is 0.280. The minimum absolute atomic E-state index is 0.538. The Balaban J connectivity index is 1.35. The zero-order valence-electron chi connectivity index (χ0n) is 18.6. The normalized spacial score (nSPS) is 11.3. The topological polar surface area (TPSA) is 91.4 Å². The number of rotatable bonds is 10. The van der Waals surface area contributed by atoms with Crippen LogP contribution in [-0.4, -0.2) is 25.1 Å². The van der Waals surface area contributed by atoms with E-state index in [4.69, 9.17) is 9.97 Å². The lowest BCUT2D eigenvalue weighted by Gasteiger charge is -2.11. The van der Waals surface area contributed by atoms with Crippen LogP contribution in [-0.2, 0) is 6.42 Å². The Morgan fingerprint density at radius 3 is 2.76 bits per heavy atom. The molecule has 0 bridgehead atoms. The van der Waals surface area contributed by atoms with Gasteiger partial charge < -0.3 is 10.6 Å². The molecule has 0 unspecified atom stereocenters. The number of nitrogens with one attached hydrogen (secondary N) is 3. The van der Waals surface area contributed by atoms with Crippen LogP contribution in [0.5, 0.6) is 0 Å². The third kappa shape index (κ3) is 5.12. The average molecular weight is 458 g/mol. The second-order valence-corrected chi connectivity index (χ2v) is 9.02. The van der Waals surface area contributed by atoms with Crippen molar-refractivity contribution in [2.75, 3.05) is 10.6 Å². The summed E-state index contributed by atoms with van der Waals surface area (Å²) in [6, 6.07) is 16.1. The van der Waals surface area contributed by atoms with Crippen LogP contribution < -0.4 is 10.6 Å². The molecule has 5 aromatic rings. The highest BCUT2D eigenvalue weighted by Gasteiger charge is 2.10. The lowest BCUT2D eigenvalue weighted by molar-refractivity contribution is 0.627. The van der Waals surface area contributed by atoms with Gasteiger partial charge in [0, 0.05) is 17.1 Å². The zero-order chi connectivity index (χ0) is 22.5. The Kier molecular flexibility index (Phi) is 6.44. The van der Waals surface area contributed by atoms with E-state index in [2.05, 4.69) is 44.9 Å². The zero-order valence-corrected chi connectivity index (χ0v) is 19.5. The first-order valence-electron chi connectivity index (χ1n) is 11.5. The number of para-hydroxylation sites is 1. The number of H-pyrrole nitrogens is 1. The second-order valence-electron chi connectivity index (χ2n) is 8.14. The van der Waals surface area contributed by atoms with E-state index in [1.165, 1.54) is 32.1 Å². The van der Waals surface area contributed by atoms with E-state index in [0.717, 1.165) is 50.6 Å². The predicted octanol–water partition coefficient (Wildman–Crippen LogP) is 6.96. The molecule has 0 radical (unpaired) electrons. The second kappa shape index (κ2) is 9.95.